The van der Waals surface area contributed by atoms with E-state index in [2.05, 4.69) is 15.1 Å². The van der Waals surface area contributed by atoms with Crippen LogP contribution < -0.4 is 0 Å². The molecular formula is C19H13F3N4. The molecule has 4 nitrogen and oxygen atoms in total. The quantitative estimate of drug-likeness (QED) is 0.552. The molecule has 0 saturated carbocycles. The van der Waals surface area contributed by atoms with Gasteiger partial charge >= 0.3 is 0 Å². The van der Waals surface area contributed by atoms with Crippen molar-refractivity contribution in [3.8, 4) is 11.1 Å². The van der Waals surface area contributed by atoms with Crippen LogP contribution in [0.25, 0.3) is 22.2 Å². The summed E-state index contributed by atoms with van der Waals surface area (Å²) >= 11 is 0. The van der Waals surface area contributed by atoms with Gasteiger partial charge in [0, 0.05) is 29.1 Å². The largest absolute Gasteiger partial charge is 0.261 e. The Labute approximate surface area is 147 Å². The maximum Gasteiger partial charge on any atom is 0.141 e. The van der Waals surface area contributed by atoms with Crippen LogP contribution in [0, 0.1) is 24.4 Å². The molecule has 0 fully saturated rings. The summed E-state index contributed by atoms with van der Waals surface area (Å²) in [4.78, 5) is 8.12. The zero-order chi connectivity index (χ0) is 18.3. The van der Waals surface area contributed by atoms with Gasteiger partial charge < -0.3 is 0 Å². The molecule has 1 aromatic carbocycles. The van der Waals surface area contributed by atoms with E-state index in [0.29, 0.717) is 28.7 Å². The highest BCUT2D eigenvalue weighted by atomic mass is 19.1. The van der Waals surface area contributed by atoms with Crippen LogP contribution >= 0.6 is 0 Å². The van der Waals surface area contributed by atoms with Crippen LogP contribution in [0.4, 0.5) is 13.2 Å². The maximum absolute atomic E-state index is 14.4. The fraction of sp³-hybridized carbons (Fsp3) is 0.105. The van der Waals surface area contributed by atoms with Gasteiger partial charge in [0.25, 0.3) is 0 Å². The first-order valence-electron chi connectivity index (χ1n) is 7.89. The van der Waals surface area contributed by atoms with E-state index in [9.17, 15) is 13.2 Å². The molecule has 4 aromatic rings. The third-order valence-corrected chi connectivity index (χ3v) is 4.22. The Balaban J connectivity index is 1.79. The summed E-state index contributed by atoms with van der Waals surface area (Å²) in [6.07, 6.45) is 5.78. The Morgan fingerprint density at radius 1 is 1.00 bits per heavy atom. The van der Waals surface area contributed by atoms with Gasteiger partial charge in [0.1, 0.15) is 23.0 Å². The Bertz CT molecular complexity index is 1120. The number of benzene rings is 1. The molecule has 130 valence electrons. The summed E-state index contributed by atoms with van der Waals surface area (Å²) in [5, 5.41) is 4.26. The van der Waals surface area contributed by atoms with Crippen LogP contribution in [0.2, 0.25) is 0 Å². The van der Waals surface area contributed by atoms with Gasteiger partial charge in [0.05, 0.1) is 24.5 Å². The van der Waals surface area contributed by atoms with E-state index in [4.69, 9.17) is 0 Å². The minimum Gasteiger partial charge on any atom is -0.261 e. The molecule has 0 atom stereocenters. The van der Waals surface area contributed by atoms with E-state index in [0.717, 1.165) is 6.20 Å². The molecule has 3 heterocycles. The van der Waals surface area contributed by atoms with Gasteiger partial charge in [-0.2, -0.15) is 5.10 Å². The number of fused-ring (bicyclic) bond motifs is 1. The predicted molar refractivity (Wildman–Crippen MR) is 90.9 cm³/mol. The van der Waals surface area contributed by atoms with Crippen molar-refractivity contribution in [2.75, 3.05) is 0 Å². The smallest absolute Gasteiger partial charge is 0.141 e. The molecule has 0 unspecified atom stereocenters. The highest BCUT2D eigenvalue weighted by molar-refractivity contribution is 5.80. The van der Waals surface area contributed by atoms with Crippen LogP contribution in [0.5, 0.6) is 0 Å². The Morgan fingerprint density at radius 3 is 2.65 bits per heavy atom. The average Bonchev–Trinajstić information content (AvgIpc) is 3.02. The van der Waals surface area contributed by atoms with E-state index in [1.54, 1.807) is 23.1 Å². The van der Waals surface area contributed by atoms with Gasteiger partial charge in [-0.1, -0.05) is 0 Å². The lowest BCUT2D eigenvalue weighted by Crippen LogP contribution is -2.02. The first-order valence-corrected chi connectivity index (χ1v) is 7.89. The van der Waals surface area contributed by atoms with Crippen LogP contribution in [0.15, 0.2) is 49.1 Å². The lowest BCUT2D eigenvalue weighted by Gasteiger charge is -2.08. The van der Waals surface area contributed by atoms with Crippen molar-refractivity contribution in [3.63, 3.8) is 0 Å². The number of aromatic nitrogens is 4. The van der Waals surface area contributed by atoms with Crippen LogP contribution in [-0.2, 0) is 6.54 Å². The van der Waals surface area contributed by atoms with Gasteiger partial charge in [-0.25, -0.2) is 13.2 Å². The second-order valence-electron chi connectivity index (χ2n) is 5.98. The van der Waals surface area contributed by atoms with Gasteiger partial charge in [0.15, 0.2) is 0 Å². The number of pyridine rings is 2. The number of hydrogen-bond donors (Lipinski definition) is 0. The second-order valence-corrected chi connectivity index (χ2v) is 5.98. The SMILES string of the molecule is Cc1c(F)ccc(-c2cnc3cnn(Cc4cncc(F)c4)c3c2)c1F. The number of halogens is 3. The van der Waals surface area contributed by atoms with Crippen molar-refractivity contribution in [2.45, 2.75) is 13.5 Å². The van der Waals surface area contributed by atoms with E-state index in [1.165, 1.54) is 31.3 Å². The zero-order valence-corrected chi connectivity index (χ0v) is 13.7. The van der Waals surface area contributed by atoms with Crippen LogP contribution in [0.1, 0.15) is 11.1 Å². The highest BCUT2D eigenvalue weighted by Crippen LogP contribution is 2.28. The van der Waals surface area contributed by atoms with Gasteiger partial charge in [-0.05, 0) is 36.8 Å². The van der Waals surface area contributed by atoms with E-state index in [1.807, 2.05) is 0 Å². The molecule has 0 saturated heterocycles. The van der Waals surface area contributed by atoms with E-state index in [-0.39, 0.29) is 11.1 Å². The van der Waals surface area contributed by atoms with E-state index >= 15 is 0 Å². The number of rotatable bonds is 3. The lowest BCUT2D eigenvalue weighted by atomic mass is 10.0. The number of hydrogen-bond acceptors (Lipinski definition) is 3. The van der Waals surface area contributed by atoms with Crippen molar-refractivity contribution in [1.29, 1.82) is 0 Å². The minimum atomic E-state index is -0.619. The molecule has 7 heteroatoms. The maximum atomic E-state index is 14.4. The first kappa shape index (κ1) is 16.3. The molecule has 0 N–H and O–H groups in total. The van der Waals surface area contributed by atoms with E-state index < -0.39 is 17.5 Å². The van der Waals surface area contributed by atoms with Crippen molar-refractivity contribution >= 4 is 11.0 Å². The fourth-order valence-electron chi connectivity index (χ4n) is 2.83. The molecule has 0 aliphatic heterocycles. The molecule has 0 amide bonds. The standard InChI is InChI=1S/C19H13F3N4/c1-11-16(21)3-2-15(19(11)22)13-5-18-17(24-7-13)9-25-26(18)10-12-4-14(20)8-23-6-12/h2-9H,10H2,1H3. The Morgan fingerprint density at radius 2 is 1.85 bits per heavy atom. The molecule has 0 bridgehead atoms. The summed E-state index contributed by atoms with van der Waals surface area (Å²) < 4.78 is 42.9. The van der Waals surface area contributed by atoms with Gasteiger partial charge in [-0.3, -0.25) is 14.6 Å². The van der Waals surface area contributed by atoms with Crippen molar-refractivity contribution in [2.24, 2.45) is 0 Å². The molecule has 0 spiro atoms. The molecule has 4 rings (SSSR count). The summed E-state index contributed by atoms with van der Waals surface area (Å²) in [6, 6.07) is 5.73. The van der Waals surface area contributed by atoms with Gasteiger partial charge in [-0.15, -0.1) is 0 Å². The summed E-state index contributed by atoms with van der Waals surface area (Å²) in [6.45, 7) is 1.69. The van der Waals surface area contributed by atoms with Crippen molar-refractivity contribution < 1.29 is 13.2 Å². The zero-order valence-electron chi connectivity index (χ0n) is 13.7. The molecule has 0 aliphatic carbocycles. The third kappa shape index (κ3) is 2.81. The molecule has 3 aromatic heterocycles. The van der Waals surface area contributed by atoms with Crippen molar-refractivity contribution in [3.05, 3.63) is 77.6 Å². The molecule has 0 aliphatic rings. The van der Waals surface area contributed by atoms with Crippen LogP contribution in [0.3, 0.4) is 0 Å². The van der Waals surface area contributed by atoms with Gasteiger partial charge in [0.2, 0.25) is 0 Å². The Kier molecular flexibility index (Phi) is 3.91. The molecular weight excluding hydrogens is 341 g/mol. The predicted octanol–water partition coefficient (Wildman–Crippen LogP) is 4.27. The first-order chi connectivity index (χ1) is 12.5. The fourth-order valence-corrected chi connectivity index (χ4v) is 2.83. The third-order valence-electron chi connectivity index (χ3n) is 4.22. The molecule has 26 heavy (non-hydrogen) atoms. The Hall–Kier alpha value is -3.22. The summed E-state index contributed by atoms with van der Waals surface area (Å²) in [7, 11) is 0. The topological polar surface area (TPSA) is 43.6 Å². The average molecular weight is 354 g/mol. The normalized spacial score (nSPS) is 11.2. The second kappa shape index (κ2) is 6.25. The number of nitrogens with zero attached hydrogens (tertiary/aromatic N) is 4. The monoisotopic (exact) mass is 354 g/mol. The summed E-state index contributed by atoms with van der Waals surface area (Å²) in [5.74, 6) is -1.64. The molecule has 0 radical (unpaired) electrons. The van der Waals surface area contributed by atoms with Crippen molar-refractivity contribution in [1.82, 2.24) is 19.7 Å². The lowest BCUT2D eigenvalue weighted by molar-refractivity contribution is 0.570. The minimum absolute atomic E-state index is 0.0399. The highest BCUT2D eigenvalue weighted by Gasteiger charge is 2.14. The van der Waals surface area contributed by atoms with Crippen LogP contribution in [-0.4, -0.2) is 19.7 Å². The summed E-state index contributed by atoms with van der Waals surface area (Å²) in [5.41, 5.74) is 2.66.